The van der Waals surface area contributed by atoms with Gasteiger partial charge in [0.1, 0.15) is 0 Å². The first-order chi connectivity index (χ1) is 6.39. The SMILES string of the molecule is CN(CCCS(=O)(=O)CCBr)C(=O)O. The number of alkyl halides is 1. The molecule has 0 spiro atoms. The molecular formula is C7H14BrNO4S. The molecule has 0 saturated heterocycles. The topological polar surface area (TPSA) is 74.7 Å². The van der Waals surface area contributed by atoms with Crippen LogP contribution in [0.1, 0.15) is 6.42 Å². The normalized spacial score (nSPS) is 11.3. The lowest BCUT2D eigenvalue weighted by Crippen LogP contribution is -2.27. The van der Waals surface area contributed by atoms with E-state index in [1.54, 1.807) is 0 Å². The van der Waals surface area contributed by atoms with Crippen molar-refractivity contribution < 1.29 is 18.3 Å². The smallest absolute Gasteiger partial charge is 0.407 e. The van der Waals surface area contributed by atoms with Crippen LogP contribution in [0.15, 0.2) is 0 Å². The molecule has 1 amide bonds. The third-order valence-corrected chi connectivity index (χ3v) is 4.32. The standard InChI is InChI=1S/C7H14BrNO4S/c1-9(7(10)11)4-2-5-14(12,13)6-3-8/h2-6H2,1H3,(H,10,11). The van der Waals surface area contributed by atoms with Crippen LogP contribution in [-0.2, 0) is 9.84 Å². The summed E-state index contributed by atoms with van der Waals surface area (Å²) in [5, 5.41) is 8.90. The van der Waals surface area contributed by atoms with Crippen LogP contribution in [0.4, 0.5) is 4.79 Å². The van der Waals surface area contributed by atoms with Crippen molar-refractivity contribution >= 4 is 31.9 Å². The molecule has 1 N–H and O–H groups in total. The van der Waals surface area contributed by atoms with Gasteiger partial charge in [-0.15, -0.1) is 0 Å². The molecule has 0 aromatic heterocycles. The van der Waals surface area contributed by atoms with E-state index in [0.29, 0.717) is 11.8 Å². The fourth-order valence-electron chi connectivity index (χ4n) is 0.837. The fraction of sp³-hybridized carbons (Fsp3) is 0.857. The van der Waals surface area contributed by atoms with Crippen molar-refractivity contribution in [3.05, 3.63) is 0 Å². The molecule has 0 aromatic carbocycles. The number of hydrogen-bond donors (Lipinski definition) is 1. The zero-order valence-corrected chi connectivity index (χ0v) is 10.3. The molecule has 0 radical (unpaired) electrons. The molecule has 0 aromatic rings. The average Bonchev–Trinajstić information content (AvgIpc) is 2.03. The number of nitrogens with zero attached hydrogens (tertiary/aromatic N) is 1. The van der Waals surface area contributed by atoms with E-state index in [4.69, 9.17) is 5.11 Å². The summed E-state index contributed by atoms with van der Waals surface area (Å²) in [6.07, 6.45) is -0.694. The number of sulfone groups is 1. The molecule has 0 aliphatic carbocycles. The Balaban J connectivity index is 3.79. The highest BCUT2D eigenvalue weighted by atomic mass is 79.9. The lowest BCUT2D eigenvalue weighted by Gasteiger charge is -2.11. The van der Waals surface area contributed by atoms with Gasteiger partial charge in [0, 0.05) is 18.9 Å². The van der Waals surface area contributed by atoms with Gasteiger partial charge in [-0.3, -0.25) is 0 Å². The van der Waals surface area contributed by atoms with Gasteiger partial charge in [0.05, 0.1) is 11.5 Å². The number of rotatable bonds is 6. The number of carbonyl (C=O) groups is 1. The van der Waals surface area contributed by atoms with Crippen LogP contribution in [0.3, 0.4) is 0 Å². The summed E-state index contributed by atoms with van der Waals surface area (Å²) in [5.41, 5.74) is 0. The molecular weight excluding hydrogens is 274 g/mol. The lowest BCUT2D eigenvalue weighted by atomic mass is 10.4. The second kappa shape index (κ2) is 6.23. The second-order valence-electron chi connectivity index (χ2n) is 2.90. The Kier molecular flexibility index (Phi) is 6.10. The van der Waals surface area contributed by atoms with Gasteiger partial charge in [-0.1, -0.05) is 15.9 Å². The van der Waals surface area contributed by atoms with Crippen molar-refractivity contribution in [2.45, 2.75) is 6.42 Å². The predicted molar refractivity (Wildman–Crippen MR) is 57.7 cm³/mol. The minimum absolute atomic E-state index is 0.0379. The highest BCUT2D eigenvalue weighted by Crippen LogP contribution is 1.98. The molecule has 0 heterocycles. The zero-order valence-electron chi connectivity index (χ0n) is 7.94. The van der Waals surface area contributed by atoms with E-state index in [9.17, 15) is 13.2 Å². The molecule has 0 saturated carbocycles. The van der Waals surface area contributed by atoms with Gasteiger partial charge in [-0.2, -0.15) is 0 Å². The lowest BCUT2D eigenvalue weighted by molar-refractivity contribution is 0.156. The van der Waals surface area contributed by atoms with E-state index >= 15 is 0 Å². The number of hydrogen-bond acceptors (Lipinski definition) is 3. The zero-order chi connectivity index (χ0) is 11.2. The van der Waals surface area contributed by atoms with Crippen LogP contribution in [0.5, 0.6) is 0 Å². The summed E-state index contributed by atoms with van der Waals surface area (Å²) in [5.74, 6) is 0.139. The summed E-state index contributed by atoms with van der Waals surface area (Å²) < 4.78 is 22.4. The number of halogens is 1. The van der Waals surface area contributed by atoms with Crippen LogP contribution in [0, 0.1) is 0 Å². The van der Waals surface area contributed by atoms with E-state index in [-0.39, 0.29) is 18.1 Å². The minimum Gasteiger partial charge on any atom is -0.465 e. The molecule has 0 bridgehead atoms. The fourth-order valence-corrected chi connectivity index (χ4v) is 3.32. The third kappa shape index (κ3) is 6.20. The largest absolute Gasteiger partial charge is 0.465 e. The molecule has 0 rings (SSSR count). The van der Waals surface area contributed by atoms with E-state index in [1.807, 2.05) is 0 Å². The van der Waals surface area contributed by atoms with Crippen molar-refractivity contribution in [3.8, 4) is 0 Å². The van der Waals surface area contributed by atoms with E-state index in [2.05, 4.69) is 15.9 Å². The van der Waals surface area contributed by atoms with Gasteiger partial charge >= 0.3 is 6.09 Å². The Bertz CT molecular complexity index is 277. The molecule has 0 aliphatic heterocycles. The van der Waals surface area contributed by atoms with Gasteiger partial charge in [0.2, 0.25) is 0 Å². The summed E-state index contributed by atoms with van der Waals surface area (Å²) >= 11 is 3.05. The molecule has 7 heteroatoms. The van der Waals surface area contributed by atoms with E-state index < -0.39 is 15.9 Å². The Hall–Kier alpha value is -0.300. The van der Waals surface area contributed by atoms with Crippen LogP contribution in [0.2, 0.25) is 0 Å². The molecule has 5 nitrogen and oxygen atoms in total. The Morgan fingerprint density at radius 3 is 2.43 bits per heavy atom. The average molecular weight is 288 g/mol. The van der Waals surface area contributed by atoms with Crippen molar-refractivity contribution in [1.82, 2.24) is 4.90 Å². The van der Waals surface area contributed by atoms with Gasteiger partial charge in [-0.05, 0) is 6.42 Å². The van der Waals surface area contributed by atoms with Crippen LogP contribution < -0.4 is 0 Å². The highest BCUT2D eigenvalue weighted by molar-refractivity contribution is 9.09. The second-order valence-corrected chi connectivity index (χ2v) is 6.00. The van der Waals surface area contributed by atoms with Crippen molar-refractivity contribution in [1.29, 1.82) is 0 Å². The van der Waals surface area contributed by atoms with Crippen LogP contribution in [0.25, 0.3) is 0 Å². The van der Waals surface area contributed by atoms with Gasteiger partial charge in [0.15, 0.2) is 9.84 Å². The Labute approximate surface area is 92.1 Å². The van der Waals surface area contributed by atoms with E-state index in [0.717, 1.165) is 4.90 Å². The van der Waals surface area contributed by atoms with Crippen LogP contribution >= 0.6 is 15.9 Å². The summed E-state index contributed by atoms with van der Waals surface area (Å²) in [7, 11) is -1.60. The minimum atomic E-state index is -3.02. The molecule has 84 valence electrons. The maximum absolute atomic E-state index is 11.2. The summed E-state index contributed by atoms with van der Waals surface area (Å²) in [6.45, 7) is 0.247. The highest BCUT2D eigenvalue weighted by Gasteiger charge is 2.11. The van der Waals surface area contributed by atoms with Crippen molar-refractivity contribution in [3.63, 3.8) is 0 Å². The summed E-state index contributed by atoms with van der Waals surface area (Å²) in [4.78, 5) is 11.4. The Morgan fingerprint density at radius 2 is 2.00 bits per heavy atom. The first-order valence-corrected chi connectivity index (χ1v) is 7.04. The molecule has 0 unspecified atom stereocenters. The molecule has 0 atom stereocenters. The first kappa shape index (κ1) is 13.7. The molecule has 0 fully saturated rings. The molecule has 14 heavy (non-hydrogen) atoms. The van der Waals surface area contributed by atoms with Crippen molar-refractivity contribution in [2.75, 3.05) is 30.4 Å². The Morgan fingerprint density at radius 1 is 1.43 bits per heavy atom. The van der Waals surface area contributed by atoms with Crippen molar-refractivity contribution in [2.24, 2.45) is 0 Å². The van der Waals surface area contributed by atoms with Gasteiger partial charge < -0.3 is 10.0 Å². The van der Waals surface area contributed by atoms with E-state index in [1.165, 1.54) is 7.05 Å². The number of amides is 1. The maximum atomic E-state index is 11.2. The first-order valence-electron chi connectivity index (χ1n) is 4.09. The van der Waals surface area contributed by atoms with Gasteiger partial charge in [-0.25, -0.2) is 13.2 Å². The molecule has 0 aliphatic rings. The monoisotopic (exact) mass is 287 g/mol. The maximum Gasteiger partial charge on any atom is 0.407 e. The third-order valence-electron chi connectivity index (χ3n) is 1.66. The van der Waals surface area contributed by atoms with Crippen LogP contribution in [-0.4, -0.2) is 54.9 Å². The predicted octanol–water partition coefficient (Wildman–Crippen LogP) is 0.796. The number of carboxylic acid groups (broad SMARTS) is 1. The quantitative estimate of drug-likeness (QED) is 0.733. The van der Waals surface area contributed by atoms with Gasteiger partial charge in [0.25, 0.3) is 0 Å². The summed E-state index contributed by atoms with van der Waals surface area (Å²) in [6, 6.07) is 0.